The van der Waals surface area contributed by atoms with E-state index in [1.807, 2.05) is 6.07 Å². The number of hydrogen-bond donors (Lipinski definition) is 2. The Bertz CT molecular complexity index is 1400. The number of fused-ring (bicyclic) bond motifs is 2. The number of ether oxygens (including phenoxy) is 2. The molecule has 3 aromatic rings. The number of nitrogens with zero attached hydrogens (tertiary/aromatic N) is 2. The highest BCUT2D eigenvalue weighted by Crippen LogP contribution is 2.39. The van der Waals surface area contributed by atoms with E-state index in [4.69, 9.17) is 13.9 Å². The zero-order valence-electron chi connectivity index (χ0n) is 19.8. The number of methoxy groups -OCH3 is 2. The predicted octanol–water partition coefficient (Wildman–Crippen LogP) is 1.15. The quantitative estimate of drug-likeness (QED) is 0.353. The van der Waals surface area contributed by atoms with Crippen molar-refractivity contribution in [3.63, 3.8) is 0 Å². The number of rotatable bonds is 8. The second-order valence-electron chi connectivity index (χ2n) is 8.79. The fraction of sp³-hybridized carbons (Fsp3) is 0.320. The molecule has 0 saturated carbocycles. The van der Waals surface area contributed by atoms with Crippen molar-refractivity contribution in [2.45, 2.75) is 18.4 Å². The maximum Gasteiger partial charge on any atom is 0.254 e. The Morgan fingerprint density at radius 1 is 1.22 bits per heavy atom. The minimum atomic E-state index is -1.43. The van der Waals surface area contributed by atoms with Gasteiger partial charge in [0, 0.05) is 44.6 Å². The van der Waals surface area contributed by atoms with Gasteiger partial charge in [0.1, 0.15) is 22.4 Å². The number of carbonyl (C=O) groups excluding carboxylic acids is 4. The smallest absolute Gasteiger partial charge is 0.254 e. The van der Waals surface area contributed by atoms with E-state index in [0.29, 0.717) is 30.0 Å². The van der Waals surface area contributed by atoms with Crippen LogP contribution in [0.3, 0.4) is 0 Å². The summed E-state index contributed by atoms with van der Waals surface area (Å²) in [6.45, 7) is 0.917. The standard InChI is InChI=1S/C25H24N4O7/c1-34-6-5-26-22(31)15-7-19-18(27-11-15)9-20(36-19)25(10-21(30)28-24(25)33)13-29-12-14-3-4-16(35-2)8-17(14)23(29)32/h3-4,7-9,11H,5-6,10,12-13H2,1-2H3,(H,26,31)(H,28,30,33)/t25-/m1/s1. The van der Waals surface area contributed by atoms with Gasteiger partial charge < -0.3 is 24.1 Å². The van der Waals surface area contributed by atoms with Gasteiger partial charge in [-0.25, -0.2) is 0 Å². The first-order chi connectivity index (χ1) is 17.3. The Hall–Kier alpha value is -4.25. The summed E-state index contributed by atoms with van der Waals surface area (Å²) in [5.41, 5.74) is 0.850. The molecule has 1 saturated heterocycles. The number of hydrogen-bond acceptors (Lipinski definition) is 8. The summed E-state index contributed by atoms with van der Waals surface area (Å²) >= 11 is 0. The zero-order valence-corrected chi connectivity index (χ0v) is 19.8. The summed E-state index contributed by atoms with van der Waals surface area (Å²) in [5.74, 6) is -0.870. The highest BCUT2D eigenvalue weighted by atomic mass is 16.5. The van der Waals surface area contributed by atoms with Crippen LogP contribution in [0.5, 0.6) is 5.75 Å². The minimum Gasteiger partial charge on any atom is -0.497 e. The number of imide groups is 1. The molecule has 0 bridgehead atoms. The summed E-state index contributed by atoms with van der Waals surface area (Å²) in [7, 11) is 3.06. The van der Waals surface area contributed by atoms with E-state index in [1.54, 1.807) is 18.2 Å². The molecule has 2 N–H and O–H groups in total. The fourth-order valence-corrected chi connectivity index (χ4v) is 4.62. The molecule has 0 radical (unpaired) electrons. The summed E-state index contributed by atoms with van der Waals surface area (Å²) < 4.78 is 16.2. The van der Waals surface area contributed by atoms with Crippen molar-refractivity contribution in [3.8, 4) is 5.75 Å². The molecule has 4 heterocycles. The van der Waals surface area contributed by atoms with Crippen molar-refractivity contribution < 1.29 is 33.1 Å². The molecule has 4 amide bonds. The second-order valence-corrected chi connectivity index (χ2v) is 8.79. The average molecular weight is 492 g/mol. The lowest BCUT2D eigenvalue weighted by Gasteiger charge is -2.28. The molecule has 0 aliphatic carbocycles. The maximum atomic E-state index is 13.2. The number of nitrogens with one attached hydrogen (secondary N) is 2. The van der Waals surface area contributed by atoms with E-state index < -0.39 is 17.2 Å². The number of carbonyl (C=O) groups is 4. The normalized spacial score (nSPS) is 19.1. The van der Waals surface area contributed by atoms with E-state index in [2.05, 4.69) is 15.6 Å². The SMILES string of the molecule is COCCNC(=O)c1cnc2cc([C@]3(CN4Cc5ccc(OC)cc5C4=O)CC(=O)NC3=O)oc2c1. The molecule has 11 nitrogen and oxygen atoms in total. The van der Waals surface area contributed by atoms with Crippen molar-refractivity contribution in [2.75, 3.05) is 33.9 Å². The van der Waals surface area contributed by atoms with Crippen LogP contribution in [0.4, 0.5) is 0 Å². The lowest BCUT2D eigenvalue weighted by atomic mass is 9.82. The first-order valence-electron chi connectivity index (χ1n) is 11.3. The highest BCUT2D eigenvalue weighted by Gasteiger charge is 2.53. The van der Waals surface area contributed by atoms with Gasteiger partial charge in [-0.2, -0.15) is 0 Å². The largest absolute Gasteiger partial charge is 0.497 e. The van der Waals surface area contributed by atoms with Gasteiger partial charge in [0.15, 0.2) is 5.58 Å². The maximum absolute atomic E-state index is 13.2. The topological polar surface area (TPSA) is 140 Å². The van der Waals surface area contributed by atoms with Gasteiger partial charge in [-0.15, -0.1) is 0 Å². The third-order valence-electron chi connectivity index (χ3n) is 6.50. The van der Waals surface area contributed by atoms with Crippen LogP contribution in [-0.2, 0) is 26.3 Å². The molecule has 1 aromatic carbocycles. The van der Waals surface area contributed by atoms with Crippen molar-refractivity contribution in [3.05, 3.63) is 59.0 Å². The molecule has 186 valence electrons. The monoisotopic (exact) mass is 492 g/mol. The van der Waals surface area contributed by atoms with E-state index in [9.17, 15) is 19.2 Å². The highest BCUT2D eigenvalue weighted by molar-refractivity contribution is 6.10. The Morgan fingerprint density at radius 3 is 2.78 bits per heavy atom. The van der Waals surface area contributed by atoms with E-state index >= 15 is 0 Å². The van der Waals surface area contributed by atoms with Crippen LogP contribution >= 0.6 is 0 Å². The van der Waals surface area contributed by atoms with E-state index in [-0.39, 0.29) is 48.2 Å². The molecular formula is C25H24N4O7. The van der Waals surface area contributed by atoms with Crippen LogP contribution in [0.2, 0.25) is 0 Å². The first kappa shape index (κ1) is 23.5. The molecule has 5 rings (SSSR count). The van der Waals surface area contributed by atoms with Crippen LogP contribution in [0.25, 0.3) is 11.1 Å². The van der Waals surface area contributed by atoms with Crippen LogP contribution in [0.15, 0.2) is 40.9 Å². The second kappa shape index (κ2) is 9.08. The summed E-state index contributed by atoms with van der Waals surface area (Å²) in [4.78, 5) is 56.8. The number of amides is 4. The molecular weight excluding hydrogens is 468 g/mol. The summed E-state index contributed by atoms with van der Waals surface area (Å²) in [5, 5.41) is 5.05. The van der Waals surface area contributed by atoms with Crippen molar-refractivity contribution in [2.24, 2.45) is 0 Å². The molecule has 36 heavy (non-hydrogen) atoms. The van der Waals surface area contributed by atoms with Crippen LogP contribution in [0, 0.1) is 0 Å². The van der Waals surface area contributed by atoms with Crippen LogP contribution < -0.4 is 15.4 Å². The lowest BCUT2D eigenvalue weighted by Crippen LogP contribution is -2.46. The van der Waals surface area contributed by atoms with Gasteiger partial charge in [0.2, 0.25) is 11.8 Å². The third-order valence-corrected chi connectivity index (χ3v) is 6.50. The number of furan rings is 1. The van der Waals surface area contributed by atoms with Crippen molar-refractivity contribution in [1.82, 2.24) is 20.5 Å². The van der Waals surface area contributed by atoms with Gasteiger partial charge in [-0.3, -0.25) is 29.5 Å². The fourth-order valence-electron chi connectivity index (χ4n) is 4.62. The summed E-state index contributed by atoms with van der Waals surface area (Å²) in [6.07, 6.45) is 1.23. The number of aromatic nitrogens is 1. The van der Waals surface area contributed by atoms with Crippen LogP contribution in [-0.4, -0.2) is 67.4 Å². The Balaban J connectivity index is 1.46. The number of pyridine rings is 1. The molecule has 11 heteroatoms. The van der Waals surface area contributed by atoms with Crippen molar-refractivity contribution >= 4 is 34.7 Å². The molecule has 2 aromatic heterocycles. The van der Waals surface area contributed by atoms with Gasteiger partial charge in [0.05, 0.1) is 25.7 Å². The molecule has 1 atom stereocenters. The first-order valence-corrected chi connectivity index (χ1v) is 11.3. The molecule has 0 unspecified atom stereocenters. The van der Waals surface area contributed by atoms with Crippen LogP contribution in [0.1, 0.15) is 38.5 Å². The van der Waals surface area contributed by atoms with Gasteiger partial charge in [0.25, 0.3) is 11.8 Å². The molecule has 0 spiro atoms. The molecule has 2 aliphatic heterocycles. The van der Waals surface area contributed by atoms with Gasteiger partial charge in [-0.05, 0) is 23.8 Å². The van der Waals surface area contributed by atoms with Gasteiger partial charge >= 0.3 is 0 Å². The molecule has 2 aliphatic rings. The van der Waals surface area contributed by atoms with Crippen molar-refractivity contribution in [1.29, 1.82) is 0 Å². The minimum absolute atomic E-state index is 0.0649. The Labute approximate surface area is 205 Å². The number of benzene rings is 1. The van der Waals surface area contributed by atoms with E-state index in [1.165, 1.54) is 31.4 Å². The Kier molecular flexibility index (Phi) is 5.92. The predicted molar refractivity (Wildman–Crippen MR) is 125 cm³/mol. The molecule has 1 fully saturated rings. The Morgan fingerprint density at radius 2 is 2.06 bits per heavy atom. The van der Waals surface area contributed by atoms with E-state index in [0.717, 1.165) is 5.56 Å². The lowest BCUT2D eigenvalue weighted by molar-refractivity contribution is -0.127. The zero-order chi connectivity index (χ0) is 25.4. The third kappa shape index (κ3) is 3.97. The summed E-state index contributed by atoms with van der Waals surface area (Å²) in [6, 6.07) is 8.35. The van der Waals surface area contributed by atoms with Gasteiger partial charge in [-0.1, -0.05) is 6.07 Å². The average Bonchev–Trinajstić information content (AvgIpc) is 3.52.